The monoisotopic (exact) mass is 393 g/mol. The molecule has 0 spiro atoms. The molecule has 1 aliphatic carbocycles. The summed E-state index contributed by atoms with van der Waals surface area (Å²) < 4.78 is 43.2. The molecule has 2 heterocycles. The van der Waals surface area contributed by atoms with Crippen LogP contribution in [0.25, 0.3) is 11.3 Å². The summed E-state index contributed by atoms with van der Waals surface area (Å²) in [6.07, 6.45) is -3.09. The summed E-state index contributed by atoms with van der Waals surface area (Å²) in [7, 11) is 0. The van der Waals surface area contributed by atoms with Gasteiger partial charge in [0.1, 0.15) is 5.76 Å². The molecule has 1 aromatic heterocycles. The Morgan fingerprint density at radius 1 is 1.11 bits per heavy atom. The fourth-order valence-corrected chi connectivity index (χ4v) is 3.86. The number of fused-ring (bicyclic) bond motifs is 2. The van der Waals surface area contributed by atoms with Crippen molar-refractivity contribution in [3.05, 3.63) is 42.2 Å². The zero-order valence-corrected chi connectivity index (χ0v) is 14.7. The van der Waals surface area contributed by atoms with E-state index in [0.29, 0.717) is 12.0 Å². The summed E-state index contributed by atoms with van der Waals surface area (Å²) in [6, 6.07) is 9.43. The lowest BCUT2D eigenvalue weighted by Gasteiger charge is -2.22. The molecule has 3 atom stereocenters. The number of halogens is 3. The highest BCUT2D eigenvalue weighted by molar-refractivity contribution is 5.98. The van der Waals surface area contributed by atoms with Gasteiger partial charge in [-0.15, -0.1) is 0 Å². The van der Waals surface area contributed by atoms with Crippen molar-refractivity contribution in [2.45, 2.75) is 31.1 Å². The molecule has 2 aromatic rings. The number of amides is 2. The van der Waals surface area contributed by atoms with Crippen LogP contribution in [0.2, 0.25) is 0 Å². The van der Waals surface area contributed by atoms with Crippen LogP contribution in [0.5, 0.6) is 0 Å². The van der Waals surface area contributed by atoms with E-state index in [1.165, 1.54) is 30.3 Å². The van der Waals surface area contributed by atoms with Gasteiger partial charge in [0, 0.05) is 24.2 Å². The zero-order chi connectivity index (χ0) is 19.9. The Morgan fingerprint density at radius 3 is 2.57 bits per heavy atom. The van der Waals surface area contributed by atoms with E-state index in [2.05, 4.69) is 10.6 Å². The SMILES string of the molecule is O=C(NC1CC2CC1CN2)c1ccc(-c2ccccc2NC(=O)C(F)(F)F)o1. The first kappa shape index (κ1) is 18.5. The van der Waals surface area contributed by atoms with E-state index in [1.54, 1.807) is 6.07 Å². The summed E-state index contributed by atoms with van der Waals surface area (Å²) in [4.78, 5) is 23.7. The van der Waals surface area contributed by atoms with E-state index < -0.39 is 12.1 Å². The molecule has 148 valence electrons. The second kappa shape index (κ2) is 6.97. The van der Waals surface area contributed by atoms with E-state index in [-0.39, 0.29) is 34.7 Å². The van der Waals surface area contributed by atoms with Gasteiger partial charge in [-0.3, -0.25) is 9.59 Å². The van der Waals surface area contributed by atoms with Gasteiger partial charge < -0.3 is 20.4 Å². The first-order valence-corrected chi connectivity index (χ1v) is 8.93. The number of carbonyl (C=O) groups is 2. The molecule has 6 nitrogen and oxygen atoms in total. The van der Waals surface area contributed by atoms with Crippen molar-refractivity contribution < 1.29 is 27.2 Å². The highest BCUT2D eigenvalue weighted by Crippen LogP contribution is 2.33. The number of rotatable bonds is 4. The molecule has 4 rings (SSSR count). The highest BCUT2D eigenvalue weighted by Gasteiger charge is 2.40. The minimum Gasteiger partial charge on any atom is -0.451 e. The Kier molecular flexibility index (Phi) is 4.62. The van der Waals surface area contributed by atoms with E-state index in [9.17, 15) is 22.8 Å². The lowest BCUT2D eigenvalue weighted by molar-refractivity contribution is -0.167. The van der Waals surface area contributed by atoms with Crippen LogP contribution in [0, 0.1) is 5.92 Å². The maximum Gasteiger partial charge on any atom is 0.471 e. The molecule has 3 N–H and O–H groups in total. The molecule has 2 aliphatic rings. The molecule has 1 aliphatic heterocycles. The molecule has 2 fully saturated rings. The maximum atomic E-state index is 12.5. The van der Waals surface area contributed by atoms with Gasteiger partial charge in [-0.2, -0.15) is 13.2 Å². The second-order valence-corrected chi connectivity index (χ2v) is 7.08. The van der Waals surface area contributed by atoms with Gasteiger partial charge in [0.05, 0.1) is 5.69 Å². The van der Waals surface area contributed by atoms with Crippen molar-refractivity contribution in [3.63, 3.8) is 0 Å². The van der Waals surface area contributed by atoms with Gasteiger partial charge in [-0.05, 0) is 43.0 Å². The molecule has 2 amide bonds. The van der Waals surface area contributed by atoms with E-state index in [0.717, 1.165) is 19.4 Å². The smallest absolute Gasteiger partial charge is 0.451 e. The molecule has 28 heavy (non-hydrogen) atoms. The largest absolute Gasteiger partial charge is 0.471 e. The molecule has 0 radical (unpaired) electrons. The van der Waals surface area contributed by atoms with E-state index >= 15 is 0 Å². The number of furan rings is 1. The third-order valence-corrected chi connectivity index (χ3v) is 5.21. The first-order valence-electron chi connectivity index (χ1n) is 8.93. The van der Waals surface area contributed by atoms with Crippen LogP contribution in [-0.2, 0) is 4.79 Å². The van der Waals surface area contributed by atoms with Crippen molar-refractivity contribution >= 4 is 17.5 Å². The summed E-state index contributed by atoms with van der Waals surface area (Å²) in [5, 5.41) is 8.17. The van der Waals surface area contributed by atoms with Crippen LogP contribution in [0.3, 0.4) is 0 Å². The third kappa shape index (κ3) is 3.62. The number of para-hydroxylation sites is 1. The Labute approximate surface area is 158 Å². The lowest BCUT2D eigenvalue weighted by atomic mass is 10.0. The predicted molar refractivity (Wildman–Crippen MR) is 94.6 cm³/mol. The van der Waals surface area contributed by atoms with Crippen LogP contribution < -0.4 is 16.0 Å². The number of piperidine rings is 1. The van der Waals surface area contributed by atoms with Gasteiger partial charge >= 0.3 is 12.1 Å². The molecular weight excluding hydrogens is 375 g/mol. The number of hydrogen-bond acceptors (Lipinski definition) is 4. The van der Waals surface area contributed by atoms with Crippen LogP contribution in [0.1, 0.15) is 23.4 Å². The number of hydrogen-bond donors (Lipinski definition) is 3. The number of benzene rings is 1. The summed E-state index contributed by atoms with van der Waals surface area (Å²) >= 11 is 0. The number of nitrogens with one attached hydrogen (secondary N) is 3. The highest BCUT2D eigenvalue weighted by atomic mass is 19.4. The molecule has 3 unspecified atom stereocenters. The van der Waals surface area contributed by atoms with E-state index in [4.69, 9.17) is 4.42 Å². The van der Waals surface area contributed by atoms with Gasteiger partial charge in [0.2, 0.25) is 0 Å². The summed E-state index contributed by atoms with van der Waals surface area (Å²) in [5.74, 6) is -1.77. The number of alkyl halides is 3. The molecule has 1 aromatic carbocycles. The average Bonchev–Trinajstić information content (AvgIpc) is 3.38. The fraction of sp³-hybridized carbons (Fsp3) is 0.368. The minimum atomic E-state index is -5.00. The quantitative estimate of drug-likeness (QED) is 0.746. The fourth-order valence-electron chi connectivity index (χ4n) is 3.86. The number of anilines is 1. The topological polar surface area (TPSA) is 83.4 Å². The maximum absolute atomic E-state index is 12.5. The van der Waals surface area contributed by atoms with Crippen LogP contribution >= 0.6 is 0 Å². The second-order valence-electron chi connectivity index (χ2n) is 7.08. The van der Waals surface area contributed by atoms with Crippen LogP contribution in [-0.4, -0.2) is 36.6 Å². The molecular formula is C19H18F3N3O3. The standard InChI is InChI=1S/C19H18F3N3O3/c20-19(21,22)18(27)25-13-4-2-1-3-12(13)15-5-6-16(28-15)17(26)24-14-8-11-7-10(14)9-23-11/h1-6,10-11,14,23H,7-9H2,(H,24,26)(H,25,27). The first-order chi connectivity index (χ1) is 13.3. The normalized spacial score (nSPS) is 23.6. The zero-order valence-electron chi connectivity index (χ0n) is 14.7. The van der Waals surface area contributed by atoms with Crippen molar-refractivity contribution in [1.29, 1.82) is 0 Å². The Morgan fingerprint density at radius 2 is 1.89 bits per heavy atom. The molecule has 1 saturated heterocycles. The molecule has 1 saturated carbocycles. The van der Waals surface area contributed by atoms with E-state index in [1.807, 2.05) is 5.32 Å². The van der Waals surface area contributed by atoms with Crippen molar-refractivity contribution in [2.75, 3.05) is 11.9 Å². The predicted octanol–water partition coefficient (Wildman–Crippen LogP) is 2.93. The Balaban J connectivity index is 1.50. The molecule has 2 bridgehead atoms. The van der Waals surface area contributed by atoms with Crippen molar-refractivity contribution in [3.8, 4) is 11.3 Å². The van der Waals surface area contributed by atoms with Crippen molar-refractivity contribution in [1.82, 2.24) is 10.6 Å². The van der Waals surface area contributed by atoms with Gasteiger partial charge in [0.15, 0.2) is 5.76 Å². The Hall–Kier alpha value is -2.81. The summed E-state index contributed by atoms with van der Waals surface area (Å²) in [5.41, 5.74) is 0.202. The average molecular weight is 393 g/mol. The Bertz CT molecular complexity index is 909. The number of carbonyl (C=O) groups excluding carboxylic acids is 2. The third-order valence-electron chi connectivity index (χ3n) is 5.21. The minimum absolute atomic E-state index is 0.0506. The van der Waals surface area contributed by atoms with Gasteiger partial charge in [-0.1, -0.05) is 12.1 Å². The van der Waals surface area contributed by atoms with Gasteiger partial charge in [0.25, 0.3) is 5.91 Å². The van der Waals surface area contributed by atoms with Crippen LogP contribution in [0.4, 0.5) is 18.9 Å². The van der Waals surface area contributed by atoms with Crippen molar-refractivity contribution in [2.24, 2.45) is 5.92 Å². The van der Waals surface area contributed by atoms with Gasteiger partial charge in [-0.25, -0.2) is 0 Å². The lowest BCUT2D eigenvalue weighted by Crippen LogP contribution is -2.44. The summed E-state index contributed by atoms with van der Waals surface area (Å²) in [6.45, 7) is 0.880. The molecule has 9 heteroatoms. The van der Waals surface area contributed by atoms with Crippen LogP contribution in [0.15, 0.2) is 40.8 Å².